The lowest BCUT2D eigenvalue weighted by Crippen LogP contribution is -2.09. The molecule has 0 atom stereocenters. The molecule has 98 valence electrons. The van der Waals surface area contributed by atoms with Crippen LogP contribution in [0.1, 0.15) is 15.2 Å². The highest BCUT2D eigenvalue weighted by Crippen LogP contribution is 2.28. The minimum Gasteiger partial charge on any atom is -0.321 e. The molecule has 0 aliphatic heterocycles. The van der Waals surface area contributed by atoms with Crippen molar-refractivity contribution in [3.8, 4) is 0 Å². The number of benzene rings is 1. The number of hydrogen-bond acceptors (Lipinski definition) is 4. The van der Waals surface area contributed by atoms with E-state index in [0.717, 1.165) is 9.35 Å². The van der Waals surface area contributed by atoms with E-state index in [1.54, 1.807) is 6.07 Å². The topological polar surface area (TPSA) is 72.2 Å². The maximum absolute atomic E-state index is 11.9. The number of carbonyl (C=O) groups excluding carboxylic acids is 1. The molecule has 1 aromatic carbocycles. The number of nitro benzene ring substituents is 1. The maximum atomic E-state index is 11.9. The lowest BCUT2D eigenvalue weighted by Gasteiger charge is -2.02. The lowest BCUT2D eigenvalue weighted by atomic mass is 10.2. The van der Waals surface area contributed by atoms with Gasteiger partial charge in [0.1, 0.15) is 0 Å². The second-order valence-corrected chi connectivity index (χ2v) is 6.20. The zero-order valence-corrected chi connectivity index (χ0v) is 12.2. The van der Waals surface area contributed by atoms with Crippen LogP contribution in [0.2, 0.25) is 0 Å². The molecule has 1 N–H and O–H groups in total. The third-order valence-electron chi connectivity index (χ3n) is 2.42. The molecule has 1 heterocycles. The summed E-state index contributed by atoms with van der Waals surface area (Å²) in [6, 6.07) is 7.50. The third kappa shape index (κ3) is 3.18. The Kier molecular flexibility index (Phi) is 3.96. The van der Waals surface area contributed by atoms with Crippen molar-refractivity contribution in [1.29, 1.82) is 0 Å². The molecule has 7 heteroatoms. The molecule has 0 unspecified atom stereocenters. The molecule has 0 aliphatic carbocycles. The average Bonchev–Trinajstić information content (AvgIpc) is 2.70. The van der Waals surface area contributed by atoms with Crippen LogP contribution in [-0.2, 0) is 0 Å². The summed E-state index contributed by atoms with van der Waals surface area (Å²) in [5.74, 6) is -0.229. The molecule has 5 nitrogen and oxygen atoms in total. The van der Waals surface area contributed by atoms with Crippen LogP contribution in [0.4, 0.5) is 11.4 Å². The van der Waals surface area contributed by atoms with Gasteiger partial charge in [-0.05, 0) is 46.6 Å². The van der Waals surface area contributed by atoms with Gasteiger partial charge in [-0.3, -0.25) is 14.9 Å². The number of non-ortho nitro benzene ring substituents is 1. The van der Waals surface area contributed by atoms with Crippen molar-refractivity contribution in [3.05, 3.63) is 54.7 Å². The van der Waals surface area contributed by atoms with Crippen LogP contribution in [-0.4, -0.2) is 10.8 Å². The second kappa shape index (κ2) is 5.50. The number of rotatable bonds is 3. The molecule has 0 fully saturated rings. The van der Waals surface area contributed by atoms with Gasteiger partial charge >= 0.3 is 0 Å². The number of amides is 1. The molecular formula is C12H9BrN2O3S. The summed E-state index contributed by atoms with van der Waals surface area (Å²) in [4.78, 5) is 22.6. The molecule has 0 saturated carbocycles. The van der Waals surface area contributed by atoms with Gasteiger partial charge in [0.15, 0.2) is 0 Å². The average molecular weight is 341 g/mol. The monoisotopic (exact) mass is 340 g/mol. The molecule has 0 bridgehead atoms. The largest absolute Gasteiger partial charge is 0.321 e. The van der Waals surface area contributed by atoms with E-state index >= 15 is 0 Å². The number of nitro groups is 1. The Bertz CT molecular complexity index is 617. The molecule has 2 rings (SSSR count). The van der Waals surface area contributed by atoms with E-state index in [2.05, 4.69) is 21.2 Å². The first-order chi connectivity index (χ1) is 8.97. The molecule has 0 saturated heterocycles. The molecule has 19 heavy (non-hydrogen) atoms. The Morgan fingerprint density at radius 2 is 2.00 bits per heavy atom. The smallest absolute Gasteiger partial charge is 0.269 e. The molecule has 1 amide bonds. The summed E-state index contributed by atoms with van der Waals surface area (Å²) < 4.78 is 0.918. The normalized spacial score (nSPS) is 10.2. The summed E-state index contributed by atoms with van der Waals surface area (Å²) in [6.45, 7) is 1.91. The van der Waals surface area contributed by atoms with Crippen LogP contribution in [0, 0.1) is 17.0 Å². The predicted octanol–water partition coefficient (Wildman–Crippen LogP) is 3.98. The Morgan fingerprint density at radius 3 is 2.47 bits per heavy atom. The van der Waals surface area contributed by atoms with Gasteiger partial charge in [0.25, 0.3) is 11.6 Å². The number of hydrogen-bond donors (Lipinski definition) is 1. The molecular weight excluding hydrogens is 332 g/mol. The summed E-state index contributed by atoms with van der Waals surface area (Å²) in [5, 5.41) is 13.2. The number of thiophene rings is 1. The number of aryl methyl sites for hydroxylation is 1. The molecule has 1 aromatic heterocycles. The Morgan fingerprint density at radius 1 is 1.37 bits per heavy atom. The minimum atomic E-state index is -0.481. The van der Waals surface area contributed by atoms with Crippen LogP contribution < -0.4 is 5.32 Å². The highest BCUT2D eigenvalue weighted by atomic mass is 79.9. The SMILES string of the molecule is Cc1cc(C(=O)Nc2ccc([N+](=O)[O-])cc2)sc1Br. The molecule has 2 aromatic rings. The highest BCUT2D eigenvalue weighted by molar-refractivity contribution is 9.11. The Hall–Kier alpha value is -1.73. The standard InChI is InChI=1S/C12H9BrN2O3S/c1-7-6-10(19-11(7)13)12(16)14-8-2-4-9(5-3-8)15(17)18/h2-6H,1H3,(H,14,16). The molecule has 0 aliphatic rings. The predicted molar refractivity (Wildman–Crippen MR) is 77.8 cm³/mol. The number of carbonyl (C=O) groups is 1. The fraction of sp³-hybridized carbons (Fsp3) is 0.0833. The zero-order valence-electron chi connectivity index (χ0n) is 9.84. The highest BCUT2D eigenvalue weighted by Gasteiger charge is 2.12. The Labute approximate surface area is 121 Å². The first-order valence-electron chi connectivity index (χ1n) is 5.29. The van der Waals surface area contributed by atoms with Crippen molar-refractivity contribution in [2.75, 3.05) is 5.32 Å². The molecule has 0 spiro atoms. The number of halogens is 1. The van der Waals surface area contributed by atoms with Crippen molar-refractivity contribution in [2.24, 2.45) is 0 Å². The zero-order chi connectivity index (χ0) is 14.0. The van der Waals surface area contributed by atoms with Crippen LogP contribution in [0.25, 0.3) is 0 Å². The fourth-order valence-electron chi connectivity index (χ4n) is 1.43. The van der Waals surface area contributed by atoms with Gasteiger partial charge < -0.3 is 5.32 Å². The maximum Gasteiger partial charge on any atom is 0.269 e. The van der Waals surface area contributed by atoms with E-state index < -0.39 is 4.92 Å². The van der Waals surface area contributed by atoms with Gasteiger partial charge in [0.2, 0.25) is 0 Å². The minimum absolute atomic E-state index is 0.00675. The van der Waals surface area contributed by atoms with Crippen LogP contribution >= 0.6 is 27.3 Å². The van der Waals surface area contributed by atoms with E-state index in [4.69, 9.17) is 0 Å². The van der Waals surface area contributed by atoms with E-state index in [9.17, 15) is 14.9 Å². The van der Waals surface area contributed by atoms with E-state index in [0.29, 0.717) is 10.6 Å². The van der Waals surface area contributed by atoms with Gasteiger partial charge in [-0.25, -0.2) is 0 Å². The van der Waals surface area contributed by atoms with E-state index in [-0.39, 0.29) is 11.6 Å². The van der Waals surface area contributed by atoms with Crippen molar-refractivity contribution >= 4 is 44.5 Å². The fourth-order valence-corrected chi connectivity index (χ4v) is 2.86. The summed E-state index contributed by atoms with van der Waals surface area (Å²) in [7, 11) is 0. The quantitative estimate of drug-likeness (QED) is 0.678. The van der Waals surface area contributed by atoms with Gasteiger partial charge in [-0.1, -0.05) is 0 Å². The summed E-state index contributed by atoms with van der Waals surface area (Å²) in [6.07, 6.45) is 0. The number of nitrogens with one attached hydrogen (secondary N) is 1. The second-order valence-electron chi connectivity index (χ2n) is 3.83. The number of nitrogens with zero attached hydrogens (tertiary/aromatic N) is 1. The van der Waals surface area contributed by atoms with Crippen LogP contribution in [0.15, 0.2) is 34.1 Å². The molecule has 0 radical (unpaired) electrons. The summed E-state index contributed by atoms with van der Waals surface area (Å²) in [5.41, 5.74) is 1.52. The van der Waals surface area contributed by atoms with Crippen molar-refractivity contribution in [1.82, 2.24) is 0 Å². The van der Waals surface area contributed by atoms with Crippen molar-refractivity contribution in [2.45, 2.75) is 6.92 Å². The van der Waals surface area contributed by atoms with Crippen LogP contribution in [0.5, 0.6) is 0 Å². The first kappa shape index (κ1) is 13.7. The van der Waals surface area contributed by atoms with Gasteiger partial charge in [-0.15, -0.1) is 11.3 Å². The number of anilines is 1. The third-order valence-corrected chi connectivity index (χ3v) is 4.55. The van der Waals surface area contributed by atoms with Crippen molar-refractivity contribution < 1.29 is 9.72 Å². The van der Waals surface area contributed by atoms with Crippen LogP contribution in [0.3, 0.4) is 0 Å². The van der Waals surface area contributed by atoms with Gasteiger partial charge in [-0.2, -0.15) is 0 Å². The van der Waals surface area contributed by atoms with E-state index in [1.807, 2.05) is 6.92 Å². The van der Waals surface area contributed by atoms with Gasteiger partial charge in [0, 0.05) is 17.8 Å². The lowest BCUT2D eigenvalue weighted by molar-refractivity contribution is -0.384. The van der Waals surface area contributed by atoms with E-state index in [1.165, 1.54) is 35.6 Å². The Balaban J connectivity index is 2.12. The van der Waals surface area contributed by atoms with Gasteiger partial charge in [0.05, 0.1) is 13.6 Å². The summed E-state index contributed by atoms with van der Waals surface area (Å²) >= 11 is 4.70. The first-order valence-corrected chi connectivity index (χ1v) is 6.90. The van der Waals surface area contributed by atoms with Crippen molar-refractivity contribution in [3.63, 3.8) is 0 Å².